The van der Waals surface area contributed by atoms with E-state index in [0.29, 0.717) is 23.7 Å². The average Bonchev–Trinajstić information content (AvgIpc) is 3.17. The van der Waals surface area contributed by atoms with Gasteiger partial charge in [-0.05, 0) is 45.0 Å². The summed E-state index contributed by atoms with van der Waals surface area (Å²) in [5, 5.41) is 1.40. The topological polar surface area (TPSA) is 86.1 Å². The standard InChI is InChI=1S/C23H24N4O3S/c1-4-27-21(15-25-23(27)30-19-10-8-16(2)9-11-19)17(3)26-31(28,29)22-7-5-6-18-14-24-13-12-20(18)22/h5-15,17,26H,4H2,1-3H3. The summed E-state index contributed by atoms with van der Waals surface area (Å²) in [5.74, 6) is 0.676. The molecule has 0 aliphatic carbocycles. The van der Waals surface area contributed by atoms with Gasteiger partial charge in [0, 0.05) is 29.7 Å². The highest BCUT2D eigenvalue weighted by molar-refractivity contribution is 7.89. The SMILES string of the molecule is CCn1c(C(C)NS(=O)(=O)c2cccc3cnccc23)cnc1Oc1ccc(C)cc1. The first-order valence-electron chi connectivity index (χ1n) is 10.0. The largest absolute Gasteiger partial charge is 0.426 e. The van der Waals surface area contributed by atoms with Crippen LogP contribution < -0.4 is 9.46 Å². The number of hydrogen-bond acceptors (Lipinski definition) is 5. The van der Waals surface area contributed by atoms with Crippen LogP contribution in [0, 0.1) is 6.92 Å². The van der Waals surface area contributed by atoms with E-state index in [2.05, 4.69) is 14.7 Å². The summed E-state index contributed by atoms with van der Waals surface area (Å²) >= 11 is 0. The van der Waals surface area contributed by atoms with Crippen LogP contribution in [0.1, 0.15) is 31.1 Å². The Hall–Kier alpha value is -3.23. The van der Waals surface area contributed by atoms with Gasteiger partial charge >= 0.3 is 6.01 Å². The fraction of sp³-hybridized carbons (Fsp3) is 0.217. The fourth-order valence-electron chi connectivity index (χ4n) is 3.51. The van der Waals surface area contributed by atoms with E-state index in [1.807, 2.05) is 48.7 Å². The Morgan fingerprint density at radius 3 is 2.61 bits per heavy atom. The lowest BCUT2D eigenvalue weighted by Crippen LogP contribution is -2.28. The van der Waals surface area contributed by atoms with Gasteiger partial charge in [0.05, 0.1) is 22.8 Å². The molecule has 1 N–H and O–H groups in total. The van der Waals surface area contributed by atoms with E-state index in [0.717, 1.165) is 16.6 Å². The van der Waals surface area contributed by atoms with Gasteiger partial charge in [-0.2, -0.15) is 0 Å². The molecule has 4 rings (SSSR count). The van der Waals surface area contributed by atoms with E-state index in [4.69, 9.17) is 4.74 Å². The van der Waals surface area contributed by atoms with Crippen LogP contribution in [0.15, 0.2) is 72.0 Å². The summed E-state index contributed by atoms with van der Waals surface area (Å²) in [7, 11) is -3.77. The van der Waals surface area contributed by atoms with E-state index < -0.39 is 16.1 Å². The van der Waals surface area contributed by atoms with Crippen LogP contribution in [0.4, 0.5) is 0 Å². The molecule has 1 atom stereocenters. The van der Waals surface area contributed by atoms with Crippen LogP contribution in [0.5, 0.6) is 11.8 Å². The predicted molar refractivity (Wildman–Crippen MR) is 120 cm³/mol. The van der Waals surface area contributed by atoms with Crippen molar-refractivity contribution < 1.29 is 13.2 Å². The molecule has 0 radical (unpaired) electrons. The summed E-state index contributed by atoms with van der Waals surface area (Å²) in [5.41, 5.74) is 1.86. The van der Waals surface area contributed by atoms with Crippen LogP contribution in [0.2, 0.25) is 0 Å². The van der Waals surface area contributed by atoms with Gasteiger partial charge in [0.25, 0.3) is 0 Å². The third kappa shape index (κ3) is 4.30. The van der Waals surface area contributed by atoms with Crippen LogP contribution in [0.3, 0.4) is 0 Å². The first-order chi connectivity index (χ1) is 14.9. The number of fused-ring (bicyclic) bond motifs is 1. The van der Waals surface area contributed by atoms with E-state index in [1.165, 1.54) is 0 Å². The zero-order chi connectivity index (χ0) is 22.0. The number of nitrogens with zero attached hydrogens (tertiary/aromatic N) is 3. The second kappa shape index (κ2) is 8.49. The van der Waals surface area contributed by atoms with Crippen LogP contribution in [-0.2, 0) is 16.6 Å². The number of sulfonamides is 1. The summed E-state index contributed by atoms with van der Waals surface area (Å²) < 4.78 is 36.9. The molecule has 2 heterocycles. The molecule has 0 saturated carbocycles. The predicted octanol–water partition coefficient (Wildman–Crippen LogP) is 4.59. The van der Waals surface area contributed by atoms with Crippen molar-refractivity contribution in [3.63, 3.8) is 0 Å². The first-order valence-corrected chi connectivity index (χ1v) is 11.5. The molecular weight excluding hydrogens is 412 g/mol. The molecule has 31 heavy (non-hydrogen) atoms. The van der Waals surface area contributed by atoms with Crippen molar-refractivity contribution in [2.45, 2.75) is 38.3 Å². The van der Waals surface area contributed by atoms with E-state index in [1.54, 1.807) is 43.7 Å². The quantitative estimate of drug-likeness (QED) is 0.458. The normalized spacial score (nSPS) is 12.7. The molecule has 8 heteroatoms. The van der Waals surface area contributed by atoms with Crippen LogP contribution in [0.25, 0.3) is 10.8 Å². The monoisotopic (exact) mass is 436 g/mol. The zero-order valence-electron chi connectivity index (χ0n) is 17.6. The number of imidazole rings is 1. The van der Waals surface area contributed by atoms with Crippen molar-refractivity contribution in [1.29, 1.82) is 0 Å². The molecule has 0 aliphatic rings. The van der Waals surface area contributed by atoms with E-state index in [-0.39, 0.29) is 4.90 Å². The minimum atomic E-state index is -3.77. The van der Waals surface area contributed by atoms with Crippen molar-refractivity contribution in [1.82, 2.24) is 19.3 Å². The van der Waals surface area contributed by atoms with Crippen molar-refractivity contribution in [2.75, 3.05) is 0 Å². The smallest absolute Gasteiger partial charge is 0.302 e. The number of ether oxygens (including phenoxy) is 1. The molecule has 2 aromatic heterocycles. The van der Waals surface area contributed by atoms with Gasteiger partial charge in [0.1, 0.15) is 5.75 Å². The molecule has 4 aromatic rings. The van der Waals surface area contributed by atoms with Gasteiger partial charge < -0.3 is 4.74 Å². The van der Waals surface area contributed by atoms with Crippen LogP contribution in [-0.4, -0.2) is 23.0 Å². The van der Waals surface area contributed by atoms with Gasteiger partial charge in [0.2, 0.25) is 10.0 Å². The van der Waals surface area contributed by atoms with Gasteiger partial charge in [-0.3, -0.25) is 9.55 Å². The second-order valence-electron chi connectivity index (χ2n) is 7.32. The molecule has 0 saturated heterocycles. The maximum atomic E-state index is 13.2. The summed E-state index contributed by atoms with van der Waals surface area (Å²) in [6.07, 6.45) is 4.89. The number of pyridine rings is 1. The Balaban J connectivity index is 1.61. The minimum absolute atomic E-state index is 0.220. The number of benzene rings is 2. The zero-order valence-corrected chi connectivity index (χ0v) is 18.4. The number of hydrogen-bond donors (Lipinski definition) is 1. The molecule has 0 spiro atoms. The number of aryl methyl sites for hydroxylation is 1. The highest BCUT2D eigenvalue weighted by Gasteiger charge is 2.24. The third-order valence-electron chi connectivity index (χ3n) is 5.10. The van der Waals surface area contributed by atoms with E-state index >= 15 is 0 Å². The molecule has 0 fully saturated rings. The van der Waals surface area contributed by atoms with E-state index in [9.17, 15) is 8.42 Å². The Kier molecular flexibility index (Phi) is 5.75. The lowest BCUT2D eigenvalue weighted by atomic mass is 10.2. The molecule has 160 valence electrons. The summed E-state index contributed by atoms with van der Waals surface area (Å²) in [6.45, 7) is 6.35. The van der Waals surface area contributed by atoms with Crippen molar-refractivity contribution >= 4 is 20.8 Å². The van der Waals surface area contributed by atoms with Gasteiger partial charge in [-0.15, -0.1) is 0 Å². The first kappa shape index (κ1) is 21.0. The number of rotatable bonds is 7. The third-order valence-corrected chi connectivity index (χ3v) is 6.70. The Labute approximate surface area is 181 Å². The number of nitrogens with one attached hydrogen (secondary N) is 1. The van der Waals surface area contributed by atoms with Crippen molar-refractivity contribution in [3.05, 3.63) is 78.4 Å². The lowest BCUT2D eigenvalue weighted by molar-refractivity contribution is 0.408. The Bertz CT molecular complexity index is 1310. The molecular formula is C23H24N4O3S. The lowest BCUT2D eigenvalue weighted by Gasteiger charge is -2.17. The Morgan fingerprint density at radius 2 is 1.87 bits per heavy atom. The highest BCUT2D eigenvalue weighted by Crippen LogP contribution is 2.27. The second-order valence-corrected chi connectivity index (χ2v) is 9.00. The van der Waals surface area contributed by atoms with Crippen LogP contribution >= 0.6 is 0 Å². The Morgan fingerprint density at radius 1 is 1.10 bits per heavy atom. The van der Waals surface area contributed by atoms with Gasteiger partial charge in [-0.1, -0.05) is 29.8 Å². The highest BCUT2D eigenvalue weighted by atomic mass is 32.2. The molecule has 0 amide bonds. The molecule has 0 bridgehead atoms. The molecule has 7 nitrogen and oxygen atoms in total. The molecule has 1 unspecified atom stereocenters. The molecule has 0 aliphatic heterocycles. The number of aromatic nitrogens is 3. The fourth-order valence-corrected chi connectivity index (χ4v) is 4.96. The summed E-state index contributed by atoms with van der Waals surface area (Å²) in [6, 6.07) is 14.5. The average molecular weight is 437 g/mol. The maximum absolute atomic E-state index is 13.2. The van der Waals surface area contributed by atoms with Gasteiger partial charge in [0.15, 0.2) is 0 Å². The summed E-state index contributed by atoms with van der Waals surface area (Å²) in [4.78, 5) is 8.66. The maximum Gasteiger partial charge on any atom is 0.302 e. The minimum Gasteiger partial charge on any atom is -0.426 e. The van der Waals surface area contributed by atoms with Gasteiger partial charge in [-0.25, -0.2) is 18.1 Å². The molecule has 2 aromatic carbocycles. The van der Waals surface area contributed by atoms with Crippen molar-refractivity contribution in [2.24, 2.45) is 0 Å². The van der Waals surface area contributed by atoms with Crippen molar-refractivity contribution in [3.8, 4) is 11.8 Å².